The molecule has 0 atom stereocenters. The Bertz CT molecular complexity index is 5210. The van der Waals surface area contributed by atoms with E-state index in [9.17, 15) is 33.6 Å². The van der Waals surface area contributed by atoms with E-state index in [1.165, 1.54) is 85.1 Å². The van der Waals surface area contributed by atoms with Crippen molar-refractivity contribution >= 4 is 118 Å². The highest BCUT2D eigenvalue weighted by Gasteiger charge is 2.09. The van der Waals surface area contributed by atoms with Gasteiger partial charge in [0.15, 0.2) is 0 Å². The van der Waals surface area contributed by atoms with Crippen LogP contribution >= 0.6 is 0 Å². The van der Waals surface area contributed by atoms with Crippen LogP contribution in [-0.4, -0.2) is 78.2 Å². The van der Waals surface area contributed by atoms with E-state index in [0.29, 0.717) is 21.9 Å². The lowest BCUT2D eigenvalue weighted by Crippen LogP contribution is -1.97. The minimum absolute atomic E-state index is 0.00335. The average Bonchev–Trinajstić information content (AvgIpc) is 0.869. The number of hydrogen-bond acceptors (Lipinski definition) is 9. The van der Waals surface area contributed by atoms with Gasteiger partial charge in [0, 0.05) is 11.1 Å². The molecule has 0 aliphatic carbocycles. The molecule has 0 aromatic heterocycles. The van der Waals surface area contributed by atoms with Gasteiger partial charge in [0.2, 0.25) is 0 Å². The molecule has 0 saturated heterocycles. The Morgan fingerprint density at radius 2 is 0.408 bits per heavy atom. The largest absolute Gasteiger partial charge is 0.478 e. The van der Waals surface area contributed by atoms with Crippen LogP contribution in [-0.2, 0) is 13.2 Å². The second-order valence-electron chi connectivity index (χ2n) is 23.3. The van der Waals surface area contributed by atoms with Gasteiger partial charge < -0.3 is 35.7 Å². The third-order valence-electron chi connectivity index (χ3n) is 15.7. The highest BCUT2D eigenvalue weighted by molar-refractivity contribution is 6.00. The maximum absolute atomic E-state index is 10.7. The minimum atomic E-state index is -0.996. The van der Waals surface area contributed by atoms with Gasteiger partial charge in [-0.3, -0.25) is 9.59 Å². The standard InChI is InChI=1S/C12H8O4.C12H10O3.C12H8O3.C12H10O2.C12H12O.C12H10O.C12H12/c13-11(14)9-3-1-7-5-10(12(15)16)4-2-8(7)6-9;2*13-7-8-1-2-10-6-11(12(14)15)4-3-9(10)5-8;1-8-2-3-10-7-11(12(13)14)5-4-9(10)6-8;2*1-9-2-4-12-7-10(8-13)3-5-11(12)6-9;1-9-3-5-12-8-10(2)4-6-11(12)7-9/h1-6H,(H,13,14)(H,15,16);1-6,13H,7H2,(H,14,15);1-7H,(H,14,15);2-7H,1H3,(H,13,14);2-7,13H,8H2,1H3;2-8H,1H3;3-8H,1-2H3. The van der Waals surface area contributed by atoms with Crippen LogP contribution in [0.2, 0.25) is 0 Å². The molecule has 0 aliphatic heterocycles. The molecule has 0 amide bonds. The van der Waals surface area contributed by atoms with E-state index in [1.807, 2.05) is 85.8 Å². The quantitative estimate of drug-likeness (QED) is 0.0663. The minimum Gasteiger partial charge on any atom is -0.478 e. The van der Waals surface area contributed by atoms with Gasteiger partial charge in [0.25, 0.3) is 0 Å². The lowest BCUT2D eigenvalue weighted by molar-refractivity contribution is 0.0686. The van der Waals surface area contributed by atoms with Crippen LogP contribution in [0.5, 0.6) is 0 Å². The Kier molecular flexibility index (Phi) is 24.4. The Hall–Kier alpha value is -12.5. The zero-order valence-corrected chi connectivity index (χ0v) is 54.3. The van der Waals surface area contributed by atoms with Crippen molar-refractivity contribution in [2.24, 2.45) is 0 Å². The molecule has 7 N–H and O–H groups in total. The summed E-state index contributed by atoms with van der Waals surface area (Å²) >= 11 is 0. The van der Waals surface area contributed by atoms with Crippen LogP contribution in [0, 0.1) is 34.6 Å². The molecule has 14 aromatic carbocycles. The second kappa shape index (κ2) is 33.6. The molecular weight excluding hydrogens is 1230 g/mol. The molecule has 0 fully saturated rings. The number of carbonyl (C=O) groups excluding carboxylic acids is 2. The van der Waals surface area contributed by atoms with Gasteiger partial charge in [-0.25, -0.2) is 24.0 Å². The Morgan fingerprint density at radius 3 is 0.612 bits per heavy atom. The van der Waals surface area contributed by atoms with Gasteiger partial charge in [0.1, 0.15) is 12.6 Å². The first kappa shape index (κ1) is 71.4. The van der Waals surface area contributed by atoms with Crippen LogP contribution in [0.4, 0.5) is 0 Å². The smallest absolute Gasteiger partial charge is 0.335 e. The molecule has 98 heavy (non-hydrogen) atoms. The number of carbonyl (C=O) groups is 7. The number of fused-ring (bicyclic) bond motifs is 7. The van der Waals surface area contributed by atoms with Gasteiger partial charge >= 0.3 is 29.8 Å². The first-order chi connectivity index (χ1) is 47.0. The summed E-state index contributed by atoms with van der Waals surface area (Å²) < 4.78 is 0. The summed E-state index contributed by atoms with van der Waals surface area (Å²) in [4.78, 5) is 74.7. The van der Waals surface area contributed by atoms with E-state index in [1.54, 1.807) is 78.9 Å². The number of hydrogen-bond donors (Lipinski definition) is 7. The molecule has 0 radical (unpaired) electrons. The molecule has 0 bridgehead atoms. The molecule has 14 rings (SSSR count). The molecule has 14 aromatic rings. The second-order valence-corrected chi connectivity index (χ2v) is 23.3. The van der Waals surface area contributed by atoms with E-state index < -0.39 is 29.8 Å². The summed E-state index contributed by atoms with van der Waals surface area (Å²) in [6.45, 7) is 10.5. The zero-order chi connectivity index (χ0) is 70.6. The first-order valence-electron chi connectivity index (χ1n) is 30.9. The molecule has 490 valence electrons. The third kappa shape index (κ3) is 19.8. The molecule has 0 heterocycles. The van der Waals surface area contributed by atoms with Crippen molar-refractivity contribution in [3.63, 3.8) is 0 Å². The Morgan fingerprint density at radius 1 is 0.235 bits per heavy atom. The fourth-order valence-corrected chi connectivity index (χ4v) is 10.5. The number of carboxylic acid groups (broad SMARTS) is 5. The Labute approximate surface area is 564 Å². The van der Waals surface area contributed by atoms with Crippen molar-refractivity contribution < 1.29 is 69.3 Å². The monoisotopic (exact) mass is 1300 g/mol. The number of benzene rings is 14. The number of aliphatic hydroxyl groups excluding tert-OH is 2. The number of aryl methyl sites for hydroxylation is 5. The number of aldehydes is 2. The average molecular weight is 1300 g/mol. The van der Waals surface area contributed by atoms with Crippen LogP contribution < -0.4 is 0 Å². The summed E-state index contributed by atoms with van der Waals surface area (Å²) in [5, 5.41) is 76.2. The van der Waals surface area contributed by atoms with Crippen molar-refractivity contribution in [3.8, 4) is 0 Å². The van der Waals surface area contributed by atoms with E-state index in [-0.39, 0.29) is 35.5 Å². The predicted octanol–water partition coefficient (Wildman–Crippen LogP) is 18.5. The van der Waals surface area contributed by atoms with Crippen molar-refractivity contribution in [1.82, 2.24) is 0 Å². The van der Waals surface area contributed by atoms with Crippen molar-refractivity contribution in [1.29, 1.82) is 0 Å². The van der Waals surface area contributed by atoms with Gasteiger partial charge in [-0.2, -0.15) is 0 Å². The van der Waals surface area contributed by atoms with Gasteiger partial charge in [-0.15, -0.1) is 0 Å². The summed E-state index contributed by atoms with van der Waals surface area (Å²) in [6, 6.07) is 78.0. The maximum Gasteiger partial charge on any atom is 0.335 e. The normalized spacial score (nSPS) is 10.4. The highest BCUT2D eigenvalue weighted by Crippen LogP contribution is 2.24. The van der Waals surface area contributed by atoms with Gasteiger partial charge in [-0.05, 0) is 206 Å². The molecule has 0 spiro atoms. The van der Waals surface area contributed by atoms with E-state index in [0.717, 1.165) is 67.0 Å². The molecule has 14 nitrogen and oxygen atoms in total. The first-order valence-corrected chi connectivity index (χ1v) is 30.9. The van der Waals surface area contributed by atoms with Crippen LogP contribution in [0.25, 0.3) is 75.4 Å². The summed E-state index contributed by atoms with van der Waals surface area (Å²) in [5.41, 5.74) is 10.7. The van der Waals surface area contributed by atoms with E-state index in [2.05, 4.69) is 94.4 Å². The number of aliphatic hydroxyl groups is 2. The molecule has 0 aliphatic rings. The molecule has 14 heteroatoms. The van der Waals surface area contributed by atoms with Crippen LogP contribution in [0.1, 0.15) is 111 Å². The summed E-state index contributed by atoms with van der Waals surface area (Å²) in [6.07, 6.45) is 1.64. The number of carboxylic acids is 5. The topological polar surface area (TPSA) is 261 Å². The Balaban J connectivity index is 0.000000146. The maximum atomic E-state index is 10.7. The van der Waals surface area contributed by atoms with Crippen LogP contribution in [0.15, 0.2) is 255 Å². The van der Waals surface area contributed by atoms with Crippen molar-refractivity contribution in [2.45, 2.75) is 47.8 Å². The van der Waals surface area contributed by atoms with Crippen LogP contribution in [0.3, 0.4) is 0 Å². The molecule has 0 unspecified atom stereocenters. The highest BCUT2D eigenvalue weighted by atomic mass is 16.4. The van der Waals surface area contributed by atoms with Crippen molar-refractivity contribution in [3.05, 3.63) is 333 Å². The fourth-order valence-electron chi connectivity index (χ4n) is 10.5. The SMILES string of the molecule is Cc1ccc2cc(C(=O)O)ccc2c1.Cc1ccc2cc(C)ccc2c1.Cc1ccc2cc(C=O)ccc2c1.Cc1ccc2cc(CO)ccc2c1.O=C(O)c1ccc2cc(C(=O)O)ccc2c1.O=C(O)c1ccc2cc(CO)ccc2c1.O=Cc1ccc2cc(C(=O)O)ccc2c1. The zero-order valence-electron chi connectivity index (χ0n) is 54.3. The molecular formula is C84H70O14. The van der Waals surface area contributed by atoms with E-state index in [4.69, 9.17) is 35.7 Å². The summed E-state index contributed by atoms with van der Waals surface area (Å²) in [7, 11) is 0. The third-order valence-corrected chi connectivity index (χ3v) is 15.7. The van der Waals surface area contributed by atoms with Gasteiger partial charge in [0.05, 0.1) is 41.0 Å². The number of rotatable bonds is 9. The number of aromatic carboxylic acids is 5. The van der Waals surface area contributed by atoms with Crippen molar-refractivity contribution in [2.75, 3.05) is 0 Å². The predicted molar refractivity (Wildman–Crippen MR) is 389 cm³/mol. The fraction of sp³-hybridized carbons (Fsp3) is 0.0833. The lowest BCUT2D eigenvalue weighted by atomic mass is 10.0. The molecule has 0 saturated carbocycles. The summed E-state index contributed by atoms with van der Waals surface area (Å²) in [5.74, 6) is -4.75. The van der Waals surface area contributed by atoms with E-state index >= 15 is 0 Å². The lowest BCUT2D eigenvalue weighted by Gasteiger charge is -2.02. The van der Waals surface area contributed by atoms with Gasteiger partial charge in [-0.1, -0.05) is 198 Å².